The van der Waals surface area contributed by atoms with Gasteiger partial charge >= 0.3 is 0 Å². The van der Waals surface area contributed by atoms with Crippen LogP contribution in [0.25, 0.3) is 10.2 Å². The molecule has 20 heavy (non-hydrogen) atoms. The maximum Gasteiger partial charge on any atom is 0.231 e. The van der Waals surface area contributed by atoms with Gasteiger partial charge in [-0.05, 0) is 23.6 Å². The van der Waals surface area contributed by atoms with Crippen LogP contribution in [0.2, 0.25) is 0 Å². The number of ether oxygens (including phenoxy) is 3. The SMILES string of the molecule is COc1cccc(OC)c1Oc1ncnc2sccc12. The van der Waals surface area contributed by atoms with Crippen LogP contribution >= 0.6 is 11.3 Å². The summed E-state index contributed by atoms with van der Waals surface area (Å²) in [4.78, 5) is 9.26. The second-order valence-corrected chi connectivity index (χ2v) is 4.81. The van der Waals surface area contributed by atoms with E-state index in [9.17, 15) is 0 Å². The van der Waals surface area contributed by atoms with E-state index in [1.807, 2.05) is 29.6 Å². The molecule has 0 radical (unpaired) electrons. The minimum Gasteiger partial charge on any atom is -0.493 e. The number of hydrogen-bond acceptors (Lipinski definition) is 6. The lowest BCUT2D eigenvalue weighted by Gasteiger charge is -2.13. The minimum absolute atomic E-state index is 0.485. The van der Waals surface area contributed by atoms with Gasteiger partial charge in [-0.1, -0.05) is 6.07 Å². The maximum absolute atomic E-state index is 5.90. The third kappa shape index (κ3) is 2.14. The van der Waals surface area contributed by atoms with Gasteiger partial charge in [0.15, 0.2) is 11.5 Å². The second kappa shape index (κ2) is 5.34. The summed E-state index contributed by atoms with van der Waals surface area (Å²) in [5.41, 5.74) is 0. The van der Waals surface area contributed by atoms with Crippen LogP contribution in [0.3, 0.4) is 0 Å². The van der Waals surface area contributed by atoms with Crippen molar-refractivity contribution in [3.8, 4) is 23.1 Å². The average Bonchev–Trinajstić information content (AvgIpc) is 2.97. The fraction of sp³-hybridized carbons (Fsp3) is 0.143. The second-order valence-electron chi connectivity index (χ2n) is 3.91. The number of benzene rings is 1. The first-order valence-electron chi connectivity index (χ1n) is 5.90. The molecule has 3 rings (SSSR count). The molecule has 0 fully saturated rings. The summed E-state index contributed by atoms with van der Waals surface area (Å²) in [5, 5.41) is 2.82. The number of hydrogen-bond donors (Lipinski definition) is 0. The summed E-state index contributed by atoms with van der Waals surface area (Å²) in [6.07, 6.45) is 1.48. The monoisotopic (exact) mass is 288 g/mol. The van der Waals surface area contributed by atoms with Gasteiger partial charge in [0.25, 0.3) is 0 Å². The van der Waals surface area contributed by atoms with Crippen molar-refractivity contribution in [2.75, 3.05) is 14.2 Å². The van der Waals surface area contributed by atoms with Gasteiger partial charge in [0.05, 0.1) is 19.6 Å². The molecule has 2 heterocycles. The Balaban J connectivity index is 2.09. The maximum atomic E-state index is 5.90. The molecule has 0 atom stereocenters. The van der Waals surface area contributed by atoms with Crippen LogP contribution < -0.4 is 14.2 Å². The quantitative estimate of drug-likeness (QED) is 0.735. The lowest BCUT2D eigenvalue weighted by molar-refractivity contribution is 0.343. The van der Waals surface area contributed by atoms with Crippen molar-refractivity contribution in [3.05, 3.63) is 36.0 Å². The summed E-state index contributed by atoms with van der Waals surface area (Å²) in [5.74, 6) is 2.17. The topological polar surface area (TPSA) is 53.5 Å². The molecule has 2 aromatic heterocycles. The molecule has 102 valence electrons. The van der Waals surface area contributed by atoms with E-state index in [2.05, 4.69) is 9.97 Å². The van der Waals surface area contributed by atoms with E-state index in [1.165, 1.54) is 17.7 Å². The zero-order chi connectivity index (χ0) is 13.9. The molecule has 0 unspecified atom stereocenters. The van der Waals surface area contributed by atoms with Crippen LogP contribution in [0.5, 0.6) is 23.1 Å². The van der Waals surface area contributed by atoms with Gasteiger partial charge in [-0.3, -0.25) is 0 Å². The molecule has 0 aliphatic carbocycles. The molecule has 0 spiro atoms. The molecule has 3 aromatic rings. The van der Waals surface area contributed by atoms with Gasteiger partial charge in [-0.25, -0.2) is 9.97 Å². The molecule has 0 saturated heterocycles. The zero-order valence-electron chi connectivity index (χ0n) is 11.0. The standard InChI is InChI=1S/C14H12N2O3S/c1-17-10-4-3-5-11(18-2)12(10)19-13-9-6-7-20-14(9)16-8-15-13/h3-8H,1-2H3. The number of aromatic nitrogens is 2. The third-order valence-electron chi connectivity index (χ3n) is 2.81. The molecule has 0 amide bonds. The highest BCUT2D eigenvalue weighted by Gasteiger charge is 2.15. The molecule has 0 bridgehead atoms. The Morgan fingerprint density at radius 1 is 1.00 bits per heavy atom. The number of fused-ring (bicyclic) bond motifs is 1. The molecular weight excluding hydrogens is 276 g/mol. The van der Waals surface area contributed by atoms with E-state index in [0.29, 0.717) is 23.1 Å². The molecule has 0 saturated carbocycles. The predicted molar refractivity (Wildman–Crippen MR) is 77.0 cm³/mol. The lowest BCUT2D eigenvalue weighted by Crippen LogP contribution is -1.96. The number of para-hydroxylation sites is 1. The van der Waals surface area contributed by atoms with E-state index in [-0.39, 0.29) is 0 Å². The first-order chi connectivity index (χ1) is 9.83. The van der Waals surface area contributed by atoms with Crippen molar-refractivity contribution in [1.82, 2.24) is 9.97 Å². The summed E-state index contributed by atoms with van der Waals surface area (Å²) in [6, 6.07) is 7.38. The van der Waals surface area contributed by atoms with Crippen LogP contribution in [0.1, 0.15) is 0 Å². The molecular formula is C14H12N2O3S. The van der Waals surface area contributed by atoms with Crippen molar-refractivity contribution in [3.63, 3.8) is 0 Å². The molecule has 6 heteroatoms. The minimum atomic E-state index is 0.485. The zero-order valence-corrected chi connectivity index (χ0v) is 11.8. The number of rotatable bonds is 4. The van der Waals surface area contributed by atoms with Gasteiger partial charge in [0.1, 0.15) is 11.2 Å². The van der Waals surface area contributed by atoms with Gasteiger partial charge in [-0.2, -0.15) is 0 Å². The highest BCUT2D eigenvalue weighted by atomic mass is 32.1. The van der Waals surface area contributed by atoms with E-state index < -0.39 is 0 Å². The van der Waals surface area contributed by atoms with Crippen molar-refractivity contribution >= 4 is 21.6 Å². The van der Waals surface area contributed by atoms with Crippen LogP contribution in [-0.4, -0.2) is 24.2 Å². The van der Waals surface area contributed by atoms with E-state index in [4.69, 9.17) is 14.2 Å². The van der Waals surface area contributed by atoms with Crippen LogP contribution in [0.15, 0.2) is 36.0 Å². The van der Waals surface area contributed by atoms with Gasteiger partial charge < -0.3 is 14.2 Å². The normalized spacial score (nSPS) is 10.5. The number of thiophene rings is 1. The lowest BCUT2D eigenvalue weighted by atomic mass is 10.3. The summed E-state index contributed by atoms with van der Waals surface area (Å²) < 4.78 is 16.5. The van der Waals surface area contributed by atoms with Crippen LogP contribution in [0, 0.1) is 0 Å². The largest absolute Gasteiger partial charge is 0.493 e. The Kier molecular flexibility index (Phi) is 3.39. The summed E-state index contributed by atoms with van der Waals surface area (Å²) in [6.45, 7) is 0. The fourth-order valence-electron chi connectivity index (χ4n) is 1.86. The highest BCUT2D eigenvalue weighted by Crippen LogP contribution is 2.41. The Morgan fingerprint density at radius 2 is 1.75 bits per heavy atom. The van der Waals surface area contributed by atoms with E-state index >= 15 is 0 Å². The van der Waals surface area contributed by atoms with Gasteiger partial charge in [-0.15, -0.1) is 11.3 Å². The van der Waals surface area contributed by atoms with Crippen LogP contribution in [0.4, 0.5) is 0 Å². The Morgan fingerprint density at radius 3 is 2.45 bits per heavy atom. The van der Waals surface area contributed by atoms with Gasteiger partial charge in [0.2, 0.25) is 11.6 Å². The predicted octanol–water partition coefficient (Wildman–Crippen LogP) is 3.50. The van der Waals surface area contributed by atoms with E-state index in [1.54, 1.807) is 14.2 Å². The van der Waals surface area contributed by atoms with Gasteiger partial charge in [0, 0.05) is 0 Å². The number of nitrogens with zero attached hydrogens (tertiary/aromatic N) is 2. The fourth-order valence-corrected chi connectivity index (χ4v) is 2.59. The molecule has 0 N–H and O–H groups in total. The van der Waals surface area contributed by atoms with Crippen molar-refractivity contribution in [2.45, 2.75) is 0 Å². The van der Waals surface area contributed by atoms with Crippen molar-refractivity contribution in [2.24, 2.45) is 0 Å². The summed E-state index contributed by atoms with van der Waals surface area (Å²) in [7, 11) is 3.17. The van der Waals surface area contributed by atoms with E-state index in [0.717, 1.165) is 10.2 Å². The number of methoxy groups -OCH3 is 2. The average molecular weight is 288 g/mol. The highest BCUT2D eigenvalue weighted by molar-refractivity contribution is 7.16. The first kappa shape index (κ1) is 12.7. The van der Waals surface area contributed by atoms with Crippen molar-refractivity contribution in [1.29, 1.82) is 0 Å². The molecule has 0 aliphatic rings. The molecule has 5 nitrogen and oxygen atoms in total. The Labute approximate surface area is 119 Å². The summed E-state index contributed by atoms with van der Waals surface area (Å²) >= 11 is 1.54. The Bertz CT molecular complexity index is 720. The smallest absolute Gasteiger partial charge is 0.231 e. The molecule has 0 aliphatic heterocycles. The Hall–Kier alpha value is -2.34. The first-order valence-corrected chi connectivity index (χ1v) is 6.78. The third-order valence-corrected chi connectivity index (χ3v) is 3.63. The van der Waals surface area contributed by atoms with Crippen LogP contribution in [-0.2, 0) is 0 Å². The molecule has 1 aromatic carbocycles. The van der Waals surface area contributed by atoms with Crippen molar-refractivity contribution < 1.29 is 14.2 Å².